The van der Waals surface area contributed by atoms with Gasteiger partial charge in [0.05, 0.1) is 23.7 Å². The molecule has 1 aliphatic rings. The molecule has 0 radical (unpaired) electrons. The van der Waals surface area contributed by atoms with E-state index in [4.69, 9.17) is 4.98 Å². The van der Waals surface area contributed by atoms with Gasteiger partial charge in [-0.3, -0.25) is 9.58 Å². The van der Waals surface area contributed by atoms with E-state index in [0.717, 1.165) is 42.4 Å². The van der Waals surface area contributed by atoms with E-state index in [2.05, 4.69) is 31.8 Å². The zero-order valence-electron chi connectivity index (χ0n) is 24.8. The molecule has 1 fully saturated rings. The van der Waals surface area contributed by atoms with Gasteiger partial charge in [0.25, 0.3) is 0 Å². The lowest BCUT2D eigenvalue weighted by molar-refractivity contribution is 0.240. The highest BCUT2D eigenvalue weighted by Gasteiger charge is 2.31. The van der Waals surface area contributed by atoms with Crippen LogP contribution in [0, 0.1) is 17.1 Å². The number of urea groups is 1. The molecule has 0 aliphatic heterocycles. The number of anilines is 2. The minimum absolute atomic E-state index is 0.0599. The van der Waals surface area contributed by atoms with Crippen molar-refractivity contribution in [3.05, 3.63) is 108 Å². The maximum absolute atomic E-state index is 13.9. The minimum Gasteiger partial charge on any atom is -0.351 e. The van der Waals surface area contributed by atoms with Crippen molar-refractivity contribution < 1.29 is 9.18 Å². The second kappa shape index (κ2) is 13.3. The Kier molecular flexibility index (Phi) is 8.73. The summed E-state index contributed by atoms with van der Waals surface area (Å²) >= 11 is 0. The largest absolute Gasteiger partial charge is 0.351 e. The Balaban J connectivity index is 1.17. The number of pyridine rings is 1. The van der Waals surface area contributed by atoms with Crippen LogP contribution in [0.3, 0.4) is 0 Å². The van der Waals surface area contributed by atoms with Crippen molar-refractivity contribution in [3.63, 3.8) is 0 Å². The van der Waals surface area contributed by atoms with E-state index < -0.39 is 5.82 Å². The normalized spacial score (nSPS) is 16.0. The van der Waals surface area contributed by atoms with Gasteiger partial charge >= 0.3 is 6.03 Å². The summed E-state index contributed by atoms with van der Waals surface area (Å²) in [5.41, 5.74) is 4.05. The lowest BCUT2D eigenvalue weighted by atomic mass is 9.90. The first-order valence-corrected chi connectivity index (χ1v) is 14.8. The van der Waals surface area contributed by atoms with E-state index >= 15 is 0 Å². The molecule has 5 aromatic rings. The lowest BCUT2D eigenvalue weighted by Crippen LogP contribution is -2.49. The number of rotatable bonds is 8. The molecule has 3 heterocycles. The number of aryl methyl sites for hydroxylation is 1. The zero-order valence-corrected chi connectivity index (χ0v) is 24.8. The van der Waals surface area contributed by atoms with Gasteiger partial charge < -0.3 is 10.6 Å². The summed E-state index contributed by atoms with van der Waals surface area (Å²) in [5, 5.41) is 20.3. The number of aromatic nitrogens is 5. The third-order valence-corrected chi connectivity index (χ3v) is 7.94. The van der Waals surface area contributed by atoms with E-state index in [-0.39, 0.29) is 23.7 Å². The van der Waals surface area contributed by atoms with Crippen molar-refractivity contribution in [1.29, 1.82) is 5.26 Å². The number of nitrogens with one attached hydrogen (secondary N) is 2. The van der Waals surface area contributed by atoms with Gasteiger partial charge in [-0.05, 0) is 55.5 Å². The lowest BCUT2D eigenvalue weighted by Gasteiger charge is -2.36. The molecule has 1 aliphatic carbocycles. The second-order valence-corrected chi connectivity index (χ2v) is 11.0. The Labute approximate surface area is 260 Å². The number of hydrogen-bond acceptors (Lipinski definition) is 7. The summed E-state index contributed by atoms with van der Waals surface area (Å²) in [5.74, 6) is 0.558. The van der Waals surface area contributed by atoms with Gasteiger partial charge in [-0.2, -0.15) is 10.4 Å². The third-order valence-electron chi connectivity index (χ3n) is 7.94. The molecule has 226 valence electrons. The zero-order chi connectivity index (χ0) is 31.2. The Bertz CT molecular complexity index is 1810. The fourth-order valence-corrected chi connectivity index (χ4v) is 5.64. The fraction of sp³-hybridized carbons (Fsp3) is 0.235. The van der Waals surface area contributed by atoms with E-state index in [0.29, 0.717) is 29.6 Å². The number of amides is 2. The molecule has 45 heavy (non-hydrogen) atoms. The first-order chi connectivity index (χ1) is 22.0. The molecule has 0 bridgehead atoms. The SMILES string of the molecule is Cn1cc(-c2ccc(N(C(=O)NCc3ccccc3)[C@H]3CC[C@H](Nc4ncc(C#N)c(-c5cccc(F)c5)n4)CC3)nc2)cn1. The minimum atomic E-state index is -0.401. The number of carbonyl (C=O) groups excluding carboxylic acids is 1. The molecule has 2 N–H and O–H groups in total. The van der Waals surface area contributed by atoms with Crippen LogP contribution in [-0.4, -0.2) is 42.8 Å². The number of halogens is 1. The van der Waals surface area contributed by atoms with Crippen LogP contribution in [0.2, 0.25) is 0 Å². The first kappa shape index (κ1) is 29.4. The number of carbonyl (C=O) groups is 1. The van der Waals surface area contributed by atoms with Crippen LogP contribution in [0.4, 0.5) is 21.0 Å². The molecule has 11 heteroatoms. The Morgan fingerprint density at radius 1 is 0.978 bits per heavy atom. The van der Waals surface area contributed by atoms with Gasteiger partial charge in [-0.1, -0.05) is 42.5 Å². The maximum Gasteiger partial charge on any atom is 0.323 e. The van der Waals surface area contributed by atoms with Crippen molar-refractivity contribution >= 4 is 17.8 Å². The third kappa shape index (κ3) is 6.96. The van der Waals surface area contributed by atoms with Crippen LogP contribution in [0.1, 0.15) is 36.8 Å². The predicted octanol–water partition coefficient (Wildman–Crippen LogP) is 6.09. The molecular formula is C34H32FN9O. The van der Waals surface area contributed by atoms with Crippen LogP contribution in [0.25, 0.3) is 22.4 Å². The summed E-state index contributed by atoms with van der Waals surface area (Å²) in [6.07, 6.45) is 9.93. The maximum atomic E-state index is 13.9. The summed E-state index contributed by atoms with van der Waals surface area (Å²) in [6, 6.07) is 21.5. The average molecular weight is 602 g/mol. The summed E-state index contributed by atoms with van der Waals surface area (Å²) in [4.78, 5) is 29.1. The quantitative estimate of drug-likeness (QED) is 0.221. The van der Waals surface area contributed by atoms with Gasteiger partial charge in [-0.25, -0.2) is 24.1 Å². The van der Waals surface area contributed by atoms with Gasteiger partial charge in [0.2, 0.25) is 5.95 Å². The number of hydrogen-bond donors (Lipinski definition) is 2. The highest BCUT2D eigenvalue weighted by Crippen LogP contribution is 2.30. The van der Waals surface area contributed by atoms with Gasteiger partial charge in [0.1, 0.15) is 17.7 Å². The molecule has 0 atom stereocenters. The molecule has 2 aromatic carbocycles. The van der Waals surface area contributed by atoms with Crippen LogP contribution in [0.15, 0.2) is 91.5 Å². The van der Waals surface area contributed by atoms with Crippen molar-refractivity contribution in [1.82, 2.24) is 30.0 Å². The Hall–Kier alpha value is -5.63. The molecule has 1 saturated carbocycles. The number of benzene rings is 2. The Morgan fingerprint density at radius 3 is 2.49 bits per heavy atom. The van der Waals surface area contributed by atoms with Gasteiger partial charge in [-0.15, -0.1) is 0 Å². The molecule has 0 saturated heterocycles. The molecule has 3 aromatic heterocycles. The van der Waals surface area contributed by atoms with Crippen LogP contribution in [0.5, 0.6) is 0 Å². The van der Waals surface area contributed by atoms with E-state index in [1.807, 2.05) is 55.7 Å². The highest BCUT2D eigenvalue weighted by molar-refractivity contribution is 5.91. The second-order valence-electron chi connectivity index (χ2n) is 11.0. The molecule has 0 unspecified atom stereocenters. The monoisotopic (exact) mass is 601 g/mol. The van der Waals surface area contributed by atoms with Crippen molar-refractivity contribution in [2.24, 2.45) is 7.05 Å². The van der Waals surface area contributed by atoms with Gasteiger partial charge in [0.15, 0.2) is 0 Å². The molecular weight excluding hydrogens is 569 g/mol. The molecule has 0 spiro atoms. The fourth-order valence-electron chi connectivity index (χ4n) is 5.64. The van der Waals surface area contributed by atoms with Crippen LogP contribution >= 0.6 is 0 Å². The topological polar surface area (TPSA) is 125 Å². The van der Waals surface area contributed by atoms with E-state index in [1.54, 1.807) is 34.1 Å². The predicted molar refractivity (Wildman–Crippen MR) is 169 cm³/mol. The smallest absolute Gasteiger partial charge is 0.323 e. The number of nitriles is 1. The average Bonchev–Trinajstić information content (AvgIpc) is 3.51. The summed E-state index contributed by atoms with van der Waals surface area (Å²) in [6.45, 7) is 0.407. The Morgan fingerprint density at radius 2 is 1.80 bits per heavy atom. The van der Waals surface area contributed by atoms with Crippen LogP contribution in [-0.2, 0) is 13.6 Å². The molecule has 6 rings (SSSR count). The van der Waals surface area contributed by atoms with Crippen molar-refractivity contribution in [2.45, 2.75) is 44.3 Å². The molecule has 10 nitrogen and oxygen atoms in total. The molecule has 2 amide bonds. The van der Waals surface area contributed by atoms with E-state index in [9.17, 15) is 14.4 Å². The summed E-state index contributed by atoms with van der Waals surface area (Å²) < 4.78 is 15.6. The van der Waals surface area contributed by atoms with Crippen molar-refractivity contribution in [2.75, 3.05) is 10.2 Å². The number of nitrogens with zero attached hydrogens (tertiary/aromatic N) is 7. The van der Waals surface area contributed by atoms with Crippen molar-refractivity contribution in [3.8, 4) is 28.5 Å². The first-order valence-electron chi connectivity index (χ1n) is 14.8. The van der Waals surface area contributed by atoms with Gasteiger partial charge in [0, 0.05) is 54.8 Å². The highest BCUT2D eigenvalue weighted by atomic mass is 19.1. The standard InChI is InChI=1S/C34H32FN9O/c1-43-22-27(21-40-43)25-10-15-31(37-19-25)44(34(45)39-18-23-6-3-2-4-7-23)30-13-11-29(12-14-30)41-33-38-20-26(17-36)32(42-33)24-8-5-9-28(35)16-24/h2-10,15-16,19-22,29-30H,11-14,18H2,1H3,(H,39,45)(H,38,41,42)/t29-,30-. The van der Waals surface area contributed by atoms with E-state index in [1.165, 1.54) is 18.3 Å². The summed E-state index contributed by atoms with van der Waals surface area (Å²) in [7, 11) is 1.87. The van der Waals surface area contributed by atoms with Crippen LogP contribution < -0.4 is 15.5 Å².